The zero-order valence-corrected chi connectivity index (χ0v) is 7.69. The van der Waals surface area contributed by atoms with Gasteiger partial charge in [-0.05, 0) is 19.3 Å². The first kappa shape index (κ1) is 8.56. The van der Waals surface area contributed by atoms with Gasteiger partial charge in [0.1, 0.15) is 11.4 Å². The van der Waals surface area contributed by atoms with Crippen LogP contribution in [0.15, 0.2) is 0 Å². The maximum atomic E-state index is 11.7. The van der Waals surface area contributed by atoms with Crippen molar-refractivity contribution in [2.45, 2.75) is 36.9 Å². The van der Waals surface area contributed by atoms with Gasteiger partial charge in [-0.25, -0.2) is 0 Å². The number of rotatable bonds is 0. The fourth-order valence-corrected chi connectivity index (χ4v) is 3.48. The summed E-state index contributed by atoms with van der Waals surface area (Å²) in [7, 11) is 0. The molecule has 0 aliphatic heterocycles. The summed E-state index contributed by atoms with van der Waals surface area (Å²) in [5.74, 6) is -1.45. The predicted molar refractivity (Wildman–Crippen MR) is 45.4 cm³/mol. The molecule has 4 unspecified atom stereocenters. The molecule has 4 aliphatic rings. The van der Waals surface area contributed by atoms with Gasteiger partial charge < -0.3 is 10.2 Å². The van der Waals surface area contributed by atoms with Crippen LogP contribution in [0.5, 0.6) is 0 Å². The molecule has 0 aromatic carbocycles. The van der Waals surface area contributed by atoms with Crippen molar-refractivity contribution in [1.82, 2.24) is 0 Å². The second-order valence-electron chi connectivity index (χ2n) is 5.06. The molecular formula is C10H12O4. The van der Waals surface area contributed by atoms with E-state index in [4.69, 9.17) is 0 Å². The smallest absolute Gasteiger partial charge is 0.175 e. The van der Waals surface area contributed by atoms with Crippen LogP contribution in [-0.2, 0) is 9.59 Å². The molecule has 0 aromatic rings. The molecule has 0 heterocycles. The Morgan fingerprint density at radius 1 is 1.14 bits per heavy atom. The molecule has 0 aromatic heterocycles. The second-order valence-corrected chi connectivity index (χ2v) is 5.06. The van der Waals surface area contributed by atoms with Crippen LogP contribution >= 0.6 is 0 Å². The van der Waals surface area contributed by atoms with E-state index < -0.39 is 17.1 Å². The monoisotopic (exact) mass is 196 g/mol. The molecule has 0 saturated heterocycles. The maximum Gasteiger partial charge on any atom is 0.175 e. The van der Waals surface area contributed by atoms with E-state index in [1.807, 2.05) is 0 Å². The van der Waals surface area contributed by atoms with Crippen molar-refractivity contribution >= 4 is 11.6 Å². The molecule has 4 heteroatoms. The van der Waals surface area contributed by atoms with E-state index in [-0.39, 0.29) is 36.7 Å². The van der Waals surface area contributed by atoms with Gasteiger partial charge in [-0.1, -0.05) is 0 Å². The molecular weight excluding hydrogens is 184 g/mol. The van der Waals surface area contributed by atoms with Crippen molar-refractivity contribution in [2.24, 2.45) is 11.8 Å². The molecule has 76 valence electrons. The highest BCUT2D eigenvalue weighted by Crippen LogP contribution is 2.53. The van der Waals surface area contributed by atoms with Crippen LogP contribution in [0.25, 0.3) is 0 Å². The van der Waals surface area contributed by atoms with Crippen LogP contribution in [-0.4, -0.2) is 33.0 Å². The number of carbonyl (C=O) groups is 2. The Kier molecular flexibility index (Phi) is 1.28. The van der Waals surface area contributed by atoms with Gasteiger partial charge in [0.2, 0.25) is 0 Å². The van der Waals surface area contributed by atoms with Crippen LogP contribution in [0.1, 0.15) is 25.7 Å². The summed E-state index contributed by atoms with van der Waals surface area (Å²) in [5.41, 5.74) is -2.38. The zero-order valence-electron chi connectivity index (χ0n) is 7.69. The van der Waals surface area contributed by atoms with Gasteiger partial charge in [-0.3, -0.25) is 9.59 Å². The van der Waals surface area contributed by atoms with Crippen molar-refractivity contribution in [2.75, 3.05) is 0 Å². The maximum absolute atomic E-state index is 11.7. The largest absolute Gasteiger partial charge is 0.390 e. The number of hydrogen-bond donors (Lipinski definition) is 2. The van der Waals surface area contributed by atoms with Crippen molar-refractivity contribution in [1.29, 1.82) is 0 Å². The van der Waals surface area contributed by atoms with Gasteiger partial charge >= 0.3 is 0 Å². The van der Waals surface area contributed by atoms with Crippen LogP contribution in [0.4, 0.5) is 0 Å². The minimum absolute atomic E-state index is 0.0657. The molecule has 4 saturated carbocycles. The molecule has 0 spiro atoms. The Balaban J connectivity index is 2.11. The first-order valence-corrected chi connectivity index (χ1v) is 4.96. The Labute approximate surface area is 80.9 Å². The Morgan fingerprint density at radius 3 is 2.57 bits per heavy atom. The third-order valence-electron chi connectivity index (χ3n) is 3.94. The van der Waals surface area contributed by atoms with Crippen molar-refractivity contribution < 1.29 is 19.8 Å². The summed E-state index contributed by atoms with van der Waals surface area (Å²) in [6, 6.07) is 0. The van der Waals surface area contributed by atoms with E-state index in [2.05, 4.69) is 0 Å². The standard InChI is InChI=1S/C10H12O4/c11-7-5-1-9(13)3-6(7)8(12)10(14,2-5)4-9/h5-6,13-14H,1-4H2. The lowest BCUT2D eigenvalue weighted by Crippen LogP contribution is -2.67. The number of Topliss-reactive ketones (excluding diaryl/α,β-unsaturated/α-hetero) is 2. The third-order valence-corrected chi connectivity index (χ3v) is 3.94. The van der Waals surface area contributed by atoms with Gasteiger partial charge in [0.25, 0.3) is 0 Å². The lowest BCUT2D eigenvalue weighted by Gasteiger charge is -2.55. The Bertz CT molecular complexity index is 350. The average molecular weight is 196 g/mol. The van der Waals surface area contributed by atoms with Gasteiger partial charge in [0, 0.05) is 12.3 Å². The number of carbonyl (C=O) groups excluding carboxylic acids is 2. The molecule has 0 radical (unpaired) electrons. The zero-order chi connectivity index (χ0) is 10.1. The predicted octanol–water partition coefficient (Wildman–Crippen LogP) is -0.580. The van der Waals surface area contributed by atoms with Crippen molar-refractivity contribution in [3.8, 4) is 0 Å². The van der Waals surface area contributed by atoms with E-state index >= 15 is 0 Å². The van der Waals surface area contributed by atoms with E-state index in [1.54, 1.807) is 0 Å². The molecule has 4 rings (SSSR count). The van der Waals surface area contributed by atoms with Crippen LogP contribution < -0.4 is 0 Å². The lowest BCUT2D eigenvalue weighted by atomic mass is 9.51. The van der Waals surface area contributed by atoms with Crippen molar-refractivity contribution in [3.63, 3.8) is 0 Å². The number of ketones is 2. The summed E-state index contributed by atoms with van der Waals surface area (Å²) in [6.07, 6.45) is 1.00. The highest BCUT2D eigenvalue weighted by Gasteiger charge is 2.65. The second kappa shape index (κ2) is 2.09. The molecule has 4 bridgehead atoms. The van der Waals surface area contributed by atoms with Crippen LogP contribution in [0.3, 0.4) is 0 Å². The third kappa shape index (κ3) is 0.810. The van der Waals surface area contributed by atoms with E-state index in [0.717, 1.165) is 0 Å². The van der Waals surface area contributed by atoms with Crippen LogP contribution in [0, 0.1) is 11.8 Å². The Morgan fingerprint density at radius 2 is 1.86 bits per heavy atom. The van der Waals surface area contributed by atoms with Crippen LogP contribution in [0.2, 0.25) is 0 Å². The average Bonchev–Trinajstić information content (AvgIpc) is 2.07. The number of hydrogen-bond acceptors (Lipinski definition) is 4. The van der Waals surface area contributed by atoms with Gasteiger partial charge in [-0.15, -0.1) is 0 Å². The summed E-state index contributed by atoms with van der Waals surface area (Å²) in [5, 5.41) is 20.0. The molecule has 4 aliphatic carbocycles. The summed E-state index contributed by atoms with van der Waals surface area (Å²) in [6.45, 7) is 0. The minimum Gasteiger partial charge on any atom is -0.390 e. The van der Waals surface area contributed by atoms with E-state index in [9.17, 15) is 19.8 Å². The fourth-order valence-electron chi connectivity index (χ4n) is 3.48. The van der Waals surface area contributed by atoms with E-state index in [1.165, 1.54) is 0 Å². The SMILES string of the molecule is O=C1C2CC3(O)CC1C(=O)C(O)(C2)C3. The molecule has 0 amide bonds. The first-order valence-electron chi connectivity index (χ1n) is 4.96. The molecule has 4 atom stereocenters. The quantitative estimate of drug-likeness (QED) is 0.508. The summed E-state index contributed by atoms with van der Waals surface area (Å²) in [4.78, 5) is 23.3. The van der Waals surface area contributed by atoms with Gasteiger partial charge in [-0.2, -0.15) is 0 Å². The highest BCUT2D eigenvalue weighted by molar-refractivity contribution is 6.11. The number of aliphatic hydroxyl groups is 2. The van der Waals surface area contributed by atoms with Gasteiger partial charge in [0.05, 0.1) is 11.5 Å². The Hall–Kier alpha value is -0.740. The van der Waals surface area contributed by atoms with Crippen molar-refractivity contribution in [3.05, 3.63) is 0 Å². The normalized spacial score (nSPS) is 55.6. The van der Waals surface area contributed by atoms with Gasteiger partial charge in [0.15, 0.2) is 5.78 Å². The first-order chi connectivity index (χ1) is 6.44. The molecule has 4 fully saturated rings. The minimum atomic E-state index is -1.41. The molecule has 2 N–H and O–H groups in total. The molecule has 14 heavy (non-hydrogen) atoms. The summed E-state index contributed by atoms with van der Waals surface area (Å²) >= 11 is 0. The lowest BCUT2D eigenvalue weighted by molar-refractivity contribution is -0.199. The highest BCUT2D eigenvalue weighted by atomic mass is 16.3. The summed E-state index contributed by atoms with van der Waals surface area (Å²) < 4.78 is 0. The molecule has 4 nitrogen and oxygen atoms in total. The topological polar surface area (TPSA) is 74.6 Å². The van der Waals surface area contributed by atoms with E-state index in [0.29, 0.717) is 6.42 Å². The fraction of sp³-hybridized carbons (Fsp3) is 0.800.